The maximum atomic E-state index is 6.07. The van der Waals surface area contributed by atoms with E-state index in [0.717, 1.165) is 30.1 Å². The number of hydrogen-bond acceptors (Lipinski definition) is 4. The van der Waals surface area contributed by atoms with Gasteiger partial charge in [0, 0.05) is 37.5 Å². The van der Waals surface area contributed by atoms with Crippen molar-refractivity contribution in [1.82, 2.24) is 0 Å². The second-order valence-corrected chi connectivity index (χ2v) is 4.25. The zero-order valence-corrected chi connectivity index (χ0v) is 11.8. The van der Waals surface area contributed by atoms with Gasteiger partial charge in [-0.1, -0.05) is 6.07 Å². The first-order chi connectivity index (χ1) is 8.65. The van der Waals surface area contributed by atoms with Gasteiger partial charge in [0.25, 0.3) is 0 Å². The van der Waals surface area contributed by atoms with E-state index in [2.05, 4.69) is 17.9 Å². The molecule has 1 aromatic rings. The van der Waals surface area contributed by atoms with E-state index in [-0.39, 0.29) is 6.04 Å². The minimum atomic E-state index is -0.0623. The van der Waals surface area contributed by atoms with Crippen molar-refractivity contribution in [2.45, 2.75) is 19.9 Å². The van der Waals surface area contributed by atoms with Gasteiger partial charge in [0.2, 0.25) is 0 Å². The molecule has 4 nitrogen and oxygen atoms in total. The highest BCUT2D eigenvalue weighted by Gasteiger charge is 2.16. The SMILES string of the molecule is CCN(CCOC)c1cccc(OC)c1[C@@H](C)N. The van der Waals surface area contributed by atoms with Crippen LogP contribution >= 0.6 is 0 Å². The largest absolute Gasteiger partial charge is 0.496 e. The van der Waals surface area contributed by atoms with Gasteiger partial charge in [0.05, 0.1) is 13.7 Å². The molecular weight excluding hydrogens is 228 g/mol. The molecule has 0 spiro atoms. The minimum absolute atomic E-state index is 0.0623. The third-order valence-corrected chi connectivity index (χ3v) is 3.01. The van der Waals surface area contributed by atoms with Crippen molar-refractivity contribution in [3.8, 4) is 5.75 Å². The summed E-state index contributed by atoms with van der Waals surface area (Å²) in [5.74, 6) is 0.846. The van der Waals surface area contributed by atoms with Crippen LogP contribution in [0.15, 0.2) is 18.2 Å². The molecule has 1 aromatic carbocycles. The van der Waals surface area contributed by atoms with Crippen LogP contribution in [0.4, 0.5) is 5.69 Å². The molecule has 0 heterocycles. The Morgan fingerprint density at radius 1 is 1.33 bits per heavy atom. The predicted molar refractivity (Wildman–Crippen MR) is 75.4 cm³/mol. The summed E-state index contributed by atoms with van der Waals surface area (Å²) in [6, 6.07) is 5.97. The average Bonchev–Trinajstić information content (AvgIpc) is 2.38. The molecule has 2 N–H and O–H groups in total. The number of hydrogen-bond donors (Lipinski definition) is 1. The minimum Gasteiger partial charge on any atom is -0.496 e. The molecule has 0 amide bonds. The van der Waals surface area contributed by atoms with Gasteiger partial charge in [-0.3, -0.25) is 0 Å². The van der Waals surface area contributed by atoms with Crippen molar-refractivity contribution in [2.24, 2.45) is 5.73 Å². The van der Waals surface area contributed by atoms with Gasteiger partial charge in [-0.25, -0.2) is 0 Å². The Balaban J connectivity index is 3.12. The normalized spacial score (nSPS) is 12.3. The molecule has 0 aliphatic heterocycles. The summed E-state index contributed by atoms with van der Waals surface area (Å²) in [5, 5.41) is 0. The molecule has 0 aliphatic carbocycles. The van der Waals surface area contributed by atoms with E-state index < -0.39 is 0 Å². The number of nitrogens with zero attached hydrogens (tertiary/aromatic N) is 1. The van der Waals surface area contributed by atoms with E-state index >= 15 is 0 Å². The van der Waals surface area contributed by atoms with Crippen LogP contribution in [0.2, 0.25) is 0 Å². The Hall–Kier alpha value is -1.26. The molecule has 0 unspecified atom stereocenters. The standard InChI is InChI=1S/C14H24N2O2/c1-5-16(9-10-17-3)12-7-6-8-13(18-4)14(12)11(2)15/h6-8,11H,5,9-10,15H2,1-4H3/t11-/m1/s1. The molecule has 0 aliphatic rings. The first kappa shape index (κ1) is 14.8. The lowest BCUT2D eigenvalue weighted by Gasteiger charge is -2.27. The maximum absolute atomic E-state index is 6.07. The molecule has 0 saturated heterocycles. The van der Waals surface area contributed by atoms with Crippen LogP contribution in [0.25, 0.3) is 0 Å². The topological polar surface area (TPSA) is 47.7 Å². The Bertz CT molecular complexity index is 367. The molecule has 0 saturated carbocycles. The fourth-order valence-corrected chi connectivity index (χ4v) is 2.09. The molecular formula is C14H24N2O2. The zero-order chi connectivity index (χ0) is 13.5. The molecule has 0 fully saturated rings. The average molecular weight is 252 g/mol. The second kappa shape index (κ2) is 7.24. The summed E-state index contributed by atoms with van der Waals surface area (Å²) in [5.41, 5.74) is 8.26. The second-order valence-electron chi connectivity index (χ2n) is 4.25. The van der Waals surface area contributed by atoms with Crippen LogP contribution in [-0.2, 0) is 4.74 Å². The van der Waals surface area contributed by atoms with Gasteiger partial charge in [0.15, 0.2) is 0 Å². The first-order valence-electron chi connectivity index (χ1n) is 6.32. The fourth-order valence-electron chi connectivity index (χ4n) is 2.09. The first-order valence-corrected chi connectivity index (χ1v) is 6.32. The van der Waals surface area contributed by atoms with Crippen LogP contribution in [0.3, 0.4) is 0 Å². The molecule has 1 atom stereocenters. The highest BCUT2D eigenvalue weighted by molar-refractivity contribution is 5.60. The molecule has 18 heavy (non-hydrogen) atoms. The summed E-state index contributed by atoms with van der Waals surface area (Å²) < 4.78 is 10.6. The van der Waals surface area contributed by atoms with E-state index in [0.29, 0.717) is 6.61 Å². The summed E-state index contributed by atoms with van der Waals surface area (Å²) in [4.78, 5) is 2.25. The van der Waals surface area contributed by atoms with Gasteiger partial charge < -0.3 is 20.1 Å². The van der Waals surface area contributed by atoms with Crippen molar-refractivity contribution < 1.29 is 9.47 Å². The number of nitrogens with two attached hydrogens (primary N) is 1. The van der Waals surface area contributed by atoms with Crippen LogP contribution in [0.1, 0.15) is 25.5 Å². The summed E-state index contributed by atoms with van der Waals surface area (Å²) >= 11 is 0. The summed E-state index contributed by atoms with van der Waals surface area (Å²) in [6.07, 6.45) is 0. The molecule has 102 valence electrons. The Labute approximate surface area is 110 Å². The number of rotatable bonds is 7. The van der Waals surface area contributed by atoms with Crippen LogP contribution in [0.5, 0.6) is 5.75 Å². The lowest BCUT2D eigenvalue weighted by Crippen LogP contribution is -2.28. The maximum Gasteiger partial charge on any atom is 0.125 e. The van der Waals surface area contributed by atoms with Gasteiger partial charge >= 0.3 is 0 Å². The Morgan fingerprint density at radius 3 is 2.56 bits per heavy atom. The monoisotopic (exact) mass is 252 g/mol. The number of anilines is 1. The summed E-state index contributed by atoms with van der Waals surface area (Å²) in [7, 11) is 3.39. The highest BCUT2D eigenvalue weighted by atomic mass is 16.5. The van der Waals surface area contributed by atoms with E-state index in [9.17, 15) is 0 Å². The van der Waals surface area contributed by atoms with Crippen LogP contribution < -0.4 is 15.4 Å². The van der Waals surface area contributed by atoms with Crippen molar-refractivity contribution in [2.75, 3.05) is 38.8 Å². The van der Waals surface area contributed by atoms with Crippen LogP contribution in [-0.4, -0.2) is 33.9 Å². The van der Waals surface area contributed by atoms with E-state index in [1.165, 1.54) is 0 Å². The smallest absolute Gasteiger partial charge is 0.125 e. The molecule has 0 bridgehead atoms. The molecule has 0 aromatic heterocycles. The molecule has 1 rings (SSSR count). The van der Waals surface area contributed by atoms with E-state index in [4.69, 9.17) is 15.2 Å². The molecule has 0 radical (unpaired) electrons. The number of methoxy groups -OCH3 is 2. The fraction of sp³-hybridized carbons (Fsp3) is 0.571. The van der Waals surface area contributed by atoms with Crippen LogP contribution in [0, 0.1) is 0 Å². The van der Waals surface area contributed by atoms with Gasteiger partial charge in [-0.05, 0) is 26.0 Å². The van der Waals surface area contributed by atoms with Gasteiger partial charge in [-0.15, -0.1) is 0 Å². The number of benzene rings is 1. The lowest BCUT2D eigenvalue weighted by atomic mass is 10.0. The van der Waals surface area contributed by atoms with Crippen molar-refractivity contribution >= 4 is 5.69 Å². The van der Waals surface area contributed by atoms with E-state index in [1.807, 2.05) is 19.1 Å². The lowest BCUT2D eigenvalue weighted by molar-refractivity contribution is 0.205. The number of likely N-dealkylation sites (N-methyl/N-ethyl adjacent to an activating group) is 1. The highest BCUT2D eigenvalue weighted by Crippen LogP contribution is 2.33. The van der Waals surface area contributed by atoms with Gasteiger partial charge in [-0.2, -0.15) is 0 Å². The quantitative estimate of drug-likeness (QED) is 0.808. The Morgan fingerprint density at radius 2 is 2.06 bits per heavy atom. The Kier molecular flexibility index (Phi) is 5.95. The van der Waals surface area contributed by atoms with Crippen molar-refractivity contribution in [3.63, 3.8) is 0 Å². The van der Waals surface area contributed by atoms with Crippen molar-refractivity contribution in [3.05, 3.63) is 23.8 Å². The molecule has 4 heteroatoms. The van der Waals surface area contributed by atoms with E-state index in [1.54, 1.807) is 14.2 Å². The van der Waals surface area contributed by atoms with Crippen molar-refractivity contribution in [1.29, 1.82) is 0 Å². The predicted octanol–water partition coefficient (Wildman–Crippen LogP) is 2.19. The third-order valence-electron chi connectivity index (χ3n) is 3.01. The zero-order valence-electron chi connectivity index (χ0n) is 11.8. The van der Waals surface area contributed by atoms with Gasteiger partial charge in [0.1, 0.15) is 5.75 Å². The number of ether oxygens (including phenoxy) is 2. The summed E-state index contributed by atoms with van der Waals surface area (Å²) in [6.45, 7) is 6.56. The third kappa shape index (κ3) is 3.37.